The molecule has 0 aliphatic carbocycles. The van der Waals surface area contributed by atoms with Crippen LogP contribution in [0.1, 0.15) is 40.2 Å². The zero-order chi connectivity index (χ0) is 16.8. The van der Waals surface area contributed by atoms with Crippen LogP contribution in [0, 0.1) is 0 Å². The minimum Gasteiger partial charge on any atom is -0.508 e. The van der Waals surface area contributed by atoms with Crippen molar-refractivity contribution in [3.05, 3.63) is 59.7 Å². The average molecular weight is 300 g/mol. The van der Waals surface area contributed by atoms with E-state index in [-0.39, 0.29) is 11.2 Å². The summed E-state index contributed by atoms with van der Waals surface area (Å²) in [4.78, 5) is 11.9. The van der Waals surface area contributed by atoms with Crippen molar-refractivity contribution in [1.82, 2.24) is 0 Å². The predicted octanol–water partition coefficient (Wildman–Crippen LogP) is 4.67. The van der Waals surface area contributed by atoms with Crippen molar-refractivity contribution in [1.29, 1.82) is 0 Å². The third-order valence-electron chi connectivity index (χ3n) is 3.00. The summed E-state index contributed by atoms with van der Waals surface area (Å²) in [5, 5.41) is 9.90. The van der Waals surface area contributed by atoms with Gasteiger partial charge >= 0.3 is 5.97 Å². The van der Waals surface area contributed by atoms with Gasteiger partial charge in [-0.15, -0.1) is 0 Å². The largest absolute Gasteiger partial charge is 0.508 e. The molecule has 22 heavy (non-hydrogen) atoms. The second-order valence-corrected chi connectivity index (χ2v) is 6.12. The first-order chi connectivity index (χ1) is 10.2. The number of hydrogen-bond donors (Lipinski definition) is 1. The number of rotatable bonds is 4. The SMILES string of the molecule is C\C=C/C=C/C(C)=C/C(=O)Oc1ccc(O)c(C(C)(C)C)c1. The topological polar surface area (TPSA) is 46.5 Å². The van der Waals surface area contributed by atoms with Gasteiger partial charge in [-0.2, -0.15) is 0 Å². The molecule has 1 rings (SSSR count). The number of aromatic hydroxyl groups is 1. The van der Waals surface area contributed by atoms with Crippen LogP contribution in [0.4, 0.5) is 0 Å². The van der Waals surface area contributed by atoms with Gasteiger partial charge in [-0.1, -0.05) is 45.1 Å². The highest BCUT2D eigenvalue weighted by Crippen LogP contribution is 2.33. The Balaban J connectivity index is 2.87. The van der Waals surface area contributed by atoms with Crippen LogP contribution in [0.3, 0.4) is 0 Å². The van der Waals surface area contributed by atoms with Gasteiger partial charge in [0.05, 0.1) is 0 Å². The van der Waals surface area contributed by atoms with Gasteiger partial charge in [0.25, 0.3) is 0 Å². The molecule has 0 aliphatic rings. The molecule has 3 nitrogen and oxygen atoms in total. The fraction of sp³-hybridized carbons (Fsp3) is 0.316. The summed E-state index contributed by atoms with van der Waals surface area (Å²) in [5.41, 5.74) is 1.32. The van der Waals surface area contributed by atoms with Crippen LogP contribution in [0.15, 0.2) is 54.2 Å². The first-order valence-corrected chi connectivity index (χ1v) is 7.27. The molecule has 0 heterocycles. The number of phenolic OH excluding ortho intramolecular Hbond substituents is 1. The first kappa shape index (κ1) is 17.8. The van der Waals surface area contributed by atoms with Gasteiger partial charge in [0.15, 0.2) is 0 Å². The molecule has 1 aromatic carbocycles. The quantitative estimate of drug-likeness (QED) is 0.380. The molecular weight excluding hydrogens is 276 g/mol. The predicted molar refractivity (Wildman–Crippen MR) is 90.2 cm³/mol. The van der Waals surface area contributed by atoms with E-state index < -0.39 is 5.97 Å². The molecular formula is C19H24O3. The molecule has 0 fully saturated rings. The van der Waals surface area contributed by atoms with E-state index in [4.69, 9.17) is 4.74 Å². The van der Waals surface area contributed by atoms with Gasteiger partial charge in [0, 0.05) is 11.6 Å². The van der Waals surface area contributed by atoms with Crippen LogP contribution in [0.25, 0.3) is 0 Å². The Kier molecular flexibility index (Phi) is 6.17. The van der Waals surface area contributed by atoms with Crippen molar-refractivity contribution >= 4 is 5.97 Å². The maximum absolute atomic E-state index is 11.9. The molecule has 0 saturated carbocycles. The third-order valence-corrected chi connectivity index (χ3v) is 3.00. The van der Waals surface area contributed by atoms with Crippen LogP contribution in [0.2, 0.25) is 0 Å². The molecule has 0 unspecified atom stereocenters. The number of esters is 1. The normalized spacial score (nSPS) is 13.0. The van der Waals surface area contributed by atoms with Crippen LogP contribution in [0.5, 0.6) is 11.5 Å². The monoisotopic (exact) mass is 300 g/mol. The highest BCUT2D eigenvalue weighted by atomic mass is 16.5. The van der Waals surface area contributed by atoms with Crippen LogP contribution in [-0.4, -0.2) is 11.1 Å². The van der Waals surface area contributed by atoms with Crippen molar-refractivity contribution < 1.29 is 14.6 Å². The fourth-order valence-corrected chi connectivity index (χ4v) is 1.88. The molecule has 0 atom stereocenters. The summed E-state index contributed by atoms with van der Waals surface area (Å²) in [5.74, 6) is 0.190. The van der Waals surface area contributed by atoms with Gasteiger partial charge in [0.1, 0.15) is 11.5 Å². The molecule has 118 valence electrons. The maximum Gasteiger partial charge on any atom is 0.336 e. The van der Waals surface area contributed by atoms with Gasteiger partial charge in [-0.3, -0.25) is 0 Å². The summed E-state index contributed by atoms with van der Waals surface area (Å²) < 4.78 is 5.30. The minimum absolute atomic E-state index is 0.202. The van der Waals surface area contributed by atoms with E-state index in [9.17, 15) is 9.90 Å². The van der Waals surface area contributed by atoms with Crippen LogP contribution in [-0.2, 0) is 10.2 Å². The zero-order valence-electron chi connectivity index (χ0n) is 13.9. The fourth-order valence-electron chi connectivity index (χ4n) is 1.88. The van der Waals surface area contributed by atoms with Crippen molar-refractivity contribution in [2.75, 3.05) is 0 Å². The van der Waals surface area contributed by atoms with Crippen molar-refractivity contribution in [3.63, 3.8) is 0 Å². The van der Waals surface area contributed by atoms with E-state index >= 15 is 0 Å². The van der Waals surface area contributed by atoms with E-state index in [1.54, 1.807) is 18.2 Å². The lowest BCUT2D eigenvalue weighted by molar-refractivity contribution is -0.129. The number of carbonyl (C=O) groups excluding carboxylic acids is 1. The summed E-state index contributed by atoms with van der Waals surface area (Å²) in [6.45, 7) is 9.73. The number of hydrogen-bond acceptors (Lipinski definition) is 3. The van der Waals surface area contributed by atoms with Gasteiger partial charge in [0.2, 0.25) is 0 Å². The average Bonchev–Trinajstić information content (AvgIpc) is 2.40. The second-order valence-electron chi connectivity index (χ2n) is 6.12. The molecule has 0 radical (unpaired) electrons. The highest BCUT2D eigenvalue weighted by Gasteiger charge is 2.19. The number of phenols is 1. The van der Waals surface area contributed by atoms with E-state index in [0.29, 0.717) is 5.75 Å². The van der Waals surface area contributed by atoms with Gasteiger partial charge < -0.3 is 9.84 Å². The lowest BCUT2D eigenvalue weighted by Crippen LogP contribution is -2.12. The van der Waals surface area contributed by atoms with E-state index in [0.717, 1.165) is 11.1 Å². The number of carbonyl (C=O) groups is 1. The summed E-state index contributed by atoms with van der Waals surface area (Å²) in [6, 6.07) is 4.83. The van der Waals surface area contributed by atoms with Gasteiger partial charge in [-0.05, 0) is 43.0 Å². The standard InChI is InChI=1S/C19H24O3/c1-6-7-8-9-14(2)12-18(21)22-15-10-11-17(20)16(13-15)19(3,4)5/h6-13,20H,1-5H3/b7-6-,9-8+,14-12+. The van der Waals surface area contributed by atoms with Crippen molar-refractivity contribution in [3.8, 4) is 11.5 Å². The van der Waals surface area contributed by atoms with Crippen molar-refractivity contribution in [2.45, 2.75) is 40.0 Å². The van der Waals surface area contributed by atoms with Gasteiger partial charge in [-0.25, -0.2) is 4.79 Å². The highest BCUT2D eigenvalue weighted by molar-refractivity contribution is 5.85. The lowest BCUT2D eigenvalue weighted by atomic mass is 9.86. The number of benzene rings is 1. The molecule has 0 aliphatic heterocycles. The molecule has 0 aromatic heterocycles. The Bertz CT molecular complexity index is 614. The molecule has 1 N–H and O–H groups in total. The van der Waals surface area contributed by atoms with Crippen LogP contribution < -0.4 is 4.74 Å². The Morgan fingerprint density at radius 1 is 1.23 bits per heavy atom. The maximum atomic E-state index is 11.9. The summed E-state index contributed by atoms with van der Waals surface area (Å²) >= 11 is 0. The second kappa shape index (κ2) is 7.64. The Hall–Kier alpha value is -2.29. The van der Waals surface area contributed by atoms with Crippen molar-refractivity contribution in [2.24, 2.45) is 0 Å². The molecule has 0 bridgehead atoms. The first-order valence-electron chi connectivity index (χ1n) is 7.27. The smallest absolute Gasteiger partial charge is 0.336 e. The molecule has 0 spiro atoms. The Morgan fingerprint density at radius 3 is 2.50 bits per heavy atom. The summed E-state index contributed by atoms with van der Waals surface area (Å²) in [7, 11) is 0. The Labute approximate surface area is 132 Å². The lowest BCUT2D eigenvalue weighted by Gasteiger charge is -2.20. The van der Waals surface area contributed by atoms with Crippen LogP contribution >= 0.6 is 0 Å². The molecule has 0 amide bonds. The van der Waals surface area contributed by atoms with E-state index in [1.807, 2.05) is 58.9 Å². The minimum atomic E-state index is -0.437. The molecule has 0 saturated heterocycles. The van der Waals surface area contributed by atoms with E-state index in [1.165, 1.54) is 6.08 Å². The molecule has 1 aromatic rings. The third kappa shape index (κ3) is 5.60. The molecule has 3 heteroatoms. The zero-order valence-corrected chi connectivity index (χ0v) is 13.9. The number of allylic oxidation sites excluding steroid dienone is 5. The summed E-state index contributed by atoms with van der Waals surface area (Å²) in [6.07, 6.45) is 8.92. The Morgan fingerprint density at radius 2 is 1.91 bits per heavy atom. The van der Waals surface area contributed by atoms with E-state index in [2.05, 4.69) is 0 Å². The number of ether oxygens (including phenoxy) is 1.